The molecule has 1 saturated heterocycles. The number of pyridine rings is 1. The van der Waals surface area contributed by atoms with Gasteiger partial charge in [0.1, 0.15) is 29.9 Å². The number of nitrogens with zero attached hydrogens (tertiary/aromatic N) is 5. The van der Waals surface area contributed by atoms with E-state index in [-0.39, 0.29) is 52.6 Å². The molecule has 0 unspecified atom stereocenters. The van der Waals surface area contributed by atoms with Gasteiger partial charge in [-0.15, -0.1) is 0 Å². The average Bonchev–Trinajstić information content (AvgIpc) is 3.32. The number of rotatable bonds is 5. The minimum Gasteiger partial charge on any atom is -0.473 e. The third-order valence-electron chi connectivity index (χ3n) is 6.99. The van der Waals surface area contributed by atoms with E-state index >= 15 is 4.39 Å². The molecule has 2 aromatic heterocycles. The molecule has 1 fully saturated rings. The minimum atomic E-state index is -4.79. The second kappa shape index (κ2) is 10.3. The molecule has 0 bridgehead atoms. The summed E-state index contributed by atoms with van der Waals surface area (Å²) in [6, 6.07) is 12.9. The normalized spacial score (nSPS) is 16.3. The third kappa shape index (κ3) is 4.94. The van der Waals surface area contributed by atoms with Crippen LogP contribution in [-0.2, 0) is 12.8 Å². The highest BCUT2D eigenvalue weighted by atomic mass is 35.5. The van der Waals surface area contributed by atoms with Crippen LogP contribution in [0.1, 0.15) is 58.1 Å². The van der Waals surface area contributed by atoms with Gasteiger partial charge in [0, 0.05) is 30.9 Å². The molecule has 0 saturated carbocycles. The maximum atomic E-state index is 15.4. The van der Waals surface area contributed by atoms with E-state index in [2.05, 4.69) is 15.0 Å². The van der Waals surface area contributed by atoms with Gasteiger partial charge in [-0.3, -0.25) is 9.79 Å². The lowest BCUT2D eigenvalue weighted by atomic mass is 10.00. The lowest BCUT2D eigenvalue weighted by Gasteiger charge is -2.30. The number of aliphatic imine (C=N–C) groups is 1. The number of halogens is 5. The van der Waals surface area contributed by atoms with Crippen LogP contribution in [0.3, 0.4) is 0 Å². The molecule has 12 heteroatoms. The standard InChI is InChI=1S/C29H22ClF4N5O2/c1-16-27-36-20(28(40)38-12-5-13-38)14-39(27)21-10-8-18(29(32,33)34)24(30)23(21)26(35-16)25-19(31)9-11-22(37-25)41-15-17-6-3-2-4-7-17/h2-4,6-11,14,16H,5,12-13,15H2,1H3/t16-/m0/s1. The number of hydrogen-bond donors (Lipinski definition) is 0. The van der Waals surface area contributed by atoms with Gasteiger partial charge in [-0.25, -0.2) is 14.4 Å². The van der Waals surface area contributed by atoms with Crippen LogP contribution in [0.25, 0.3) is 5.69 Å². The maximum Gasteiger partial charge on any atom is 0.417 e. The molecule has 1 amide bonds. The summed E-state index contributed by atoms with van der Waals surface area (Å²) in [6.07, 6.45) is -2.45. The zero-order chi connectivity index (χ0) is 28.9. The van der Waals surface area contributed by atoms with E-state index in [0.717, 1.165) is 24.1 Å². The summed E-state index contributed by atoms with van der Waals surface area (Å²) in [7, 11) is 0. The van der Waals surface area contributed by atoms with Crippen molar-refractivity contribution in [1.82, 2.24) is 19.4 Å². The largest absolute Gasteiger partial charge is 0.473 e. The van der Waals surface area contributed by atoms with Gasteiger partial charge in [0.15, 0.2) is 5.82 Å². The Labute approximate surface area is 237 Å². The topological polar surface area (TPSA) is 72.6 Å². The summed E-state index contributed by atoms with van der Waals surface area (Å²) in [5.41, 5.74) is -0.673. The van der Waals surface area contributed by atoms with E-state index in [0.29, 0.717) is 13.1 Å². The fraction of sp³-hybridized carbons (Fsp3) is 0.241. The number of aromatic nitrogens is 3. The Morgan fingerprint density at radius 1 is 1.07 bits per heavy atom. The predicted octanol–water partition coefficient (Wildman–Crippen LogP) is 6.42. The zero-order valence-corrected chi connectivity index (χ0v) is 22.4. The molecule has 6 rings (SSSR count). The Hall–Kier alpha value is -4.25. The Bertz CT molecular complexity index is 1680. The molecular weight excluding hydrogens is 562 g/mol. The van der Waals surface area contributed by atoms with Gasteiger partial charge in [0.25, 0.3) is 5.91 Å². The van der Waals surface area contributed by atoms with E-state index in [1.807, 2.05) is 30.3 Å². The van der Waals surface area contributed by atoms with E-state index in [4.69, 9.17) is 16.3 Å². The lowest BCUT2D eigenvalue weighted by molar-refractivity contribution is -0.137. The fourth-order valence-electron chi connectivity index (χ4n) is 4.78. The van der Waals surface area contributed by atoms with Crippen LogP contribution >= 0.6 is 11.6 Å². The van der Waals surface area contributed by atoms with Crippen LogP contribution in [0, 0.1) is 5.82 Å². The monoisotopic (exact) mass is 583 g/mol. The Morgan fingerprint density at radius 2 is 1.83 bits per heavy atom. The molecule has 0 radical (unpaired) electrons. The molecule has 0 aliphatic carbocycles. The summed E-state index contributed by atoms with van der Waals surface area (Å²) in [4.78, 5) is 27.9. The van der Waals surface area contributed by atoms with E-state index in [1.54, 1.807) is 11.8 Å². The Kier molecular flexibility index (Phi) is 6.77. The van der Waals surface area contributed by atoms with Gasteiger partial charge in [0.05, 0.1) is 22.0 Å². The van der Waals surface area contributed by atoms with Crippen molar-refractivity contribution in [2.24, 2.45) is 4.99 Å². The number of imidazole rings is 1. The molecule has 2 aliphatic rings. The van der Waals surface area contributed by atoms with Crippen molar-refractivity contribution in [3.63, 3.8) is 0 Å². The fourth-order valence-corrected chi connectivity index (χ4v) is 5.13. The van der Waals surface area contributed by atoms with Crippen molar-refractivity contribution in [1.29, 1.82) is 0 Å². The molecule has 4 heterocycles. The van der Waals surface area contributed by atoms with Crippen LogP contribution in [0.15, 0.2) is 65.8 Å². The number of carbonyl (C=O) groups excluding carboxylic acids is 1. The first-order valence-electron chi connectivity index (χ1n) is 12.8. The first-order valence-corrected chi connectivity index (χ1v) is 13.2. The number of carbonyl (C=O) groups is 1. The first-order chi connectivity index (χ1) is 19.6. The van der Waals surface area contributed by atoms with Crippen molar-refractivity contribution in [2.45, 2.75) is 32.2 Å². The van der Waals surface area contributed by atoms with Gasteiger partial charge in [-0.1, -0.05) is 41.9 Å². The van der Waals surface area contributed by atoms with Gasteiger partial charge in [0.2, 0.25) is 5.88 Å². The minimum absolute atomic E-state index is 0.0506. The van der Waals surface area contributed by atoms with Gasteiger partial charge in [-0.05, 0) is 37.1 Å². The lowest BCUT2D eigenvalue weighted by Crippen LogP contribution is -2.42. The molecule has 2 aromatic carbocycles. The predicted molar refractivity (Wildman–Crippen MR) is 143 cm³/mol. The van der Waals surface area contributed by atoms with Crippen LogP contribution in [0.2, 0.25) is 5.02 Å². The van der Waals surface area contributed by atoms with Crippen LogP contribution in [0.4, 0.5) is 17.6 Å². The Balaban J connectivity index is 1.49. The SMILES string of the molecule is C[C@@H]1N=C(c2nc(OCc3ccccc3)ccc2F)c2c(ccc(C(F)(F)F)c2Cl)-n2cc(C(=O)N3CCC3)nc21. The molecule has 210 valence electrons. The number of hydrogen-bond acceptors (Lipinski definition) is 5. The van der Waals surface area contributed by atoms with Crippen molar-refractivity contribution in [2.75, 3.05) is 13.1 Å². The van der Waals surface area contributed by atoms with Crippen LogP contribution in [-0.4, -0.2) is 44.1 Å². The van der Waals surface area contributed by atoms with Crippen molar-refractivity contribution in [3.8, 4) is 11.6 Å². The molecule has 4 aromatic rings. The van der Waals surface area contributed by atoms with Crippen molar-refractivity contribution in [3.05, 3.63) is 106 Å². The summed E-state index contributed by atoms with van der Waals surface area (Å²) < 4.78 is 64.5. The number of alkyl halides is 3. The summed E-state index contributed by atoms with van der Waals surface area (Å²) in [5.74, 6) is -0.771. The molecule has 7 nitrogen and oxygen atoms in total. The van der Waals surface area contributed by atoms with E-state index in [1.165, 1.54) is 22.9 Å². The molecule has 0 N–H and O–H groups in total. The molecule has 41 heavy (non-hydrogen) atoms. The quantitative estimate of drug-likeness (QED) is 0.254. The van der Waals surface area contributed by atoms with Gasteiger partial charge in [-0.2, -0.15) is 13.2 Å². The highest BCUT2D eigenvalue weighted by Gasteiger charge is 2.38. The molecule has 1 atom stereocenters. The smallest absolute Gasteiger partial charge is 0.417 e. The number of fused-ring (bicyclic) bond motifs is 3. The number of amides is 1. The van der Waals surface area contributed by atoms with Crippen molar-refractivity contribution < 1.29 is 27.1 Å². The summed E-state index contributed by atoms with van der Waals surface area (Å²) >= 11 is 6.44. The second-order valence-corrected chi connectivity index (χ2v) is 10.1. The zero-order valence-electron chi connectivity index (χ0n) is 21.6. The Morgan fingerprint density at radius 3 is 2.51 bits per heavy atom. The summed E-state index contributed by atoms with van der Waals surface area (Å²) in [5, 5.41) is -0.671. The van der Waals surface area contributed by atoms with Gasteiger partial charge >= 0.3 is 6.18 Å². The average molecular weight is 584 g/mol. The number of benzene rings is 2. The third-order valence-corrected chi connectivity index (χ3v) is 7.38. The first kappa shape index (κ1) is 26.9. The maximum absolute atomic E-state index is 15.4. The number of likely N-dealkylation sites (tertiary alicyclic amines) is 1. The molecular formula is C29H22ClF4N5O2. The van der Waals surface area contributed by atoms with E-state index < -0.39 is 28.6 Å². The van der Waals surface area contributed by atoms with E-state index in [9.17, 15) is 18.0 Å². The van der Waals surface area contributed by atoms with Crippen LogP contribution in [0.5, 0.6) is 5.88 Å². The summed E-state index contributed by atoms with van der Waals surface area (Å²) in [6.45, 7) is 2.99. The second-order valence-electron chi connectivity index (χ2n) is 9.73. The highest BCUT2D eigenvalue weighted by molar-refractivity contribution is 6.37. The number of ether oxygens (including phenoxy) is 1. The van der Waals surface area contributed by atoms with Crippen molar-refractivity contribution >= 4 is 23.2 Å². The molecule has 0 spiro atoms. The van der Waals surface area contributed by atoms with Gasteiger partial charge < -0.3 is 14.2 Å². The molecule has 2 aliphatic heterocycles. The van der Waals surface area contributed by atoms with Crippen LogP contribution < -0.4 is 4.74 Å². The highest BCUT2D eigenvalue weighted by Crippen LogP contribution is 2.42.